The lowest BCUT2D eigenvalue weighted by molar-refractivity contribution is 0.348. The van der Waals surface area contributed by atoms with Gasteiger partial charge in [0.25, 0.3) is 0 Å². The number of aromatic nitrogens is 3. The van der Waals surface area contributed by atoms with E-state index in [2.05, 4.69) is 22.0 Å². The summed E-state index contributed by atoms with van der Waals surface area (Å²) in [6, 6.07) is 3.61. The maximum absolute atomic E-state index is 5.87. The van der Waals surface area contributed by atoms with Gasteiger partial charge in [0.15, 0.2) is 0 Å². The second-order valence-electron chi connectivity index (χ2n) is 3.44. The molecule has 0 unspecified atom stereocenters. The highest BCUT2D eigenvalue weighted by molar-refractivity contribution is 5.47. The van der Waals surface area contributed by atoms with Crippen LogP contribution in [0.2, 0.25) is 0 Å². The number of nitrogens with two attached hydrogens (primary N) is 1. The number of hydrogen-bond donors (Lipinski definition) is 2. The minimum atomic E-state index is -0.161. The molecule has 0 saturated heterocycles. The van der Waals surface area contributed by atoms with Gasteiger partial charge in [-0.2, -0.15) is 4.98 Å². The molecular formula is C10H14N4O. The van der Waals surface area contributed by atoms with Crippen molar-refractivity contribution in [3.05, 3.63) is 24.2 Å². The van der Waals surface area contributed by atoms with Gasteiger partial charge in [0.2, 0.25) is 11.7 Å². The van der Waals surface area contributed by atoms with Crippen molar-refractivity contribution in [2.24, 2.45) is 5.73 Å². The van der Waals surface area contributed by atoms with Gasteiger partial charge in [-0.3, -0.25) is 0 Å². The quantitative estimate of drug-likeness (QED) is 0.800. The molecule has 5 heteroatoms. The largest absolute Gasteiger partial charge is 0.359 e. The van der Waals surface area contributed by atoms with E-state index < -0.39 is 0 Å². The maximum Gasteiger partial charge on any atom is 0.243 e. The summed E-state index contributed by atoms with van der Waals surface area (Å²) in [6.45, 7) is 2.07. The zero-order valence-corrected chi connectivity index (χ0v) is 8.60. The molecule has 2 aromatic rings. The predicted molar refractivity (Wildman–Crippen MR) is 55.9 cm³/mol. The van der Waals surface area contributed by atoms with Crippen LogP contribution in [0.25, 0.3) is 11.5 Å². The standard InChI is InChI=1S/C10H14N4O/c1-2-4-7(11)10-13-9(14-15-10)8-5-3-6-12-8/h3,5-7,12H,2,4,11H2,1H3/t7-/m0/s1. The molecule has 0 bridgehead atoms. The summed E-state index contributed by atoms with van der Waals surface area (Å²) in [4.78, 5) is 7.25. The van der Waals surface area contributed by atoms with Crippen molar-refractivity contribution < 1.29 is 4.52 Å². The van der Waals surface area contributed by atoms with Gasteiger partial charge in [-0.05, 0) is 18.6 Å². The Morgan fingerprint density at radius 1 is 1.60 bits per heavy atom. The molecule has 0 amide bonds. The van der Waals surface area contributed by atoms with E-state index in [0.29, 0.717) is 11.7 Å². The molecule has 0 aliphatic carbocycles. The van der Waals surface area contributed by atoms with Crippen molar-refractivity contribution in [1.29, 1.82) is 0 Å². The third-order valence-electron chi connectivity index (χ3n) is 2.20. The average Bonchev–Trinajstić information content (AvgIpc) is 2.89. The molecule has 80 valence electrons. The number of hydrogen-bond acceptors (Lipinski definition) is 4. The average molecular weight is 206 g/mol. The highest BCUT2D eigenvalue weighted by atomic mass is 16.5. The molecule has 2 rings (SSSR count). The Bertz CT molecular complexity index is 407. The smallest absolute Gasteiger partial charge is 0.243 e. The van der Waals surface area contributed by atoms with E-state index in [4.69, 9.17) is 10.3 Å². The van der Waals surface area contributed by atoms with Crippen molar-refractivity contribution in [1.82, 2.24) is 15.1 Å². The van der Waals surface area contributed by atoms with Crippen LogP contribution in [0, 0.1) is 0 Å². The summed E-state index contributed by atoms with van der Waals surface area (Å²) in [5.74, 6) is 1.06. The molecule has 0 saturated carbocycles. The molecule has 0 fully saturated rings. The number of nitrogens with zero attached hydrogens (tertiary/aromatic N) is 2. The molecule has 0 spiro atoms. The van der Waals surface area contributed by atoms with Gasteiger partial charge < -0.3 is 15.2 Å². The lowest BCUT2D eigenvalue weighted by atomic mass is 10.2. The molecule has 0 aliphatic rings. The highest BCUT2D eigenvalue weighted by Gasteiger charge is 2.14. The van der Waals surface area contributed by atoms with Crippen LogP contribution < -0.4 is 5.73 Å². The SMILES string of the molecule is CCC[C@H](N)c1nc(-c2ccc[nH]2)no1. The fourth-order valence-electron chi connectivity index (χ4n) is 1.40. The Hall–Kier alpha value is -1.62. The lowest BCUT2D eigenvalue weighted by Gasteiger charge is -2.01. The molecule has 3 N–H and O–H groups in total. The molecule has 5 nitrogen and oxygen atoms in total. The van der Waals surface area contributed by atoms with Crippen LogP contribution in [0.4, 0.5) is 0 Å². The monoisotopic (exact) mass is 206 g/mol. The van der Waals surface area contributed by atoms with Crippen LogP contribution in [0.15, 0.2) is 22.9 Å². The molecule has 15 heavy (non-hydrogen) atoms. The van der Waals surface area contributed by atoms with Gasteiger partial charge in [0.1, 0.15) is 0 Å². The Labute approximate surface area is 87.7 Å². The first-order valence-corrected chi connectivity index (χ1v) is 5.04. The fourth-order valence-corrected chi connectivity index (χ4v) is 1.40. The Balaban J connectivity index is 2.17. The first-order chi connectivity index (χ1) is 7.31. The highest BCUT2D eigenvalue weighted by Crippen LogP contribution is 2.18. The van der Waals surface area contributed by atoms with Crippen LogP contribution in [-0.4, -0.2) is 15.1 Å². The normalized spacial score (nSPS) is 12.9. The van der Waals surface area contributed by atoms with Crippen molar-refractivity contribution in [3.63, 3.8) is 0 Å². The fraction of sp³-hybridized carbons (Fsp3) is 0.400. The summed E-state index contributed by atoms with van der Waals surface area (Å²) in [7, 11) is 0. The maximum atomic E-state index is 5.87. The Kier molecular flexibility index (Phi) is 2.82. The van der Waals surface area contributed by atoms with Gasteiger partial charge in [-0.15, -0.1) is 0 Å². The minimum Gasteiger partial charge on any atom is -0.359 e. The summed E-state index contributed by atoms with van der Waals surface area (Å²) < 4.78 is 5.10. The zero-order chi connectivity index (χ0) is 10.7. The first kappa shape index (κ1) is 9.92. The predicted octanol–water partition coefficient (Wildman–Crippen LogP) is 1.86. The number of aromatic amines is 1. The first-order valence-electron chi connectivity index (χ1n) is 5.04. The third kappa shape index (κ3) is 2.07. The van der Waals surface area contributed by atoms with E-state index >= 15 is 0 Å². The van der Waals surface area contributed by atoms with Crippen LogP contribution in [-0.2, 0) is 0 Å². The Morgan fingerprint density at radius 3 is 3.13 bits per heavy atom. The van der Waals surface area contributed by atoms with Crippen molar-refractivity contribution in [2.45, 2.75) is 25.8 Å². The van der Waals surface area contributed by atoms with Crippen molar-refractivity contribution in [3.8, 4) is 11.5 Å². The minimum absolute atomic E-state index is 0.161. The third-order valence-corrected chi connectivity index (χ3v) is 2.20. The Morgan fingerprint density at radius 2 is 2.47 bits per heavy atom. The molecule has 1 atom stereocenters. The van der Waals surface area contributed by atoms with Crippen LogP contribution >= 0.6 is 0 Å². The molecular weight excluding hydrogens is 192 g/mol. The summed E-state index contributed by atoms with van der Waals surface area (Å²) in [5.41, 5.74) is 6.71. The van der Waals surface area contributed by atoms with Gasteiger partial charge in [0.05, 0.1) is 11.7 Å². The van der Waals surface area contributed by atoms with Gasteiger partial charge in [-0.1, -0.05) is 18.5 Å². The topological polar surface area (TPSA) is 80.7 Å². The molecule has 0 aromatic carbocycles. The van der Waals surface area contributed by atoms with Crippen LogP contribution in [0.1, 0.15) is 31.7 Å². The van der Waals surface area contributed by atoms with Gasteiger partial charge >= 0.3 is 0 Å². The van der Waals surface area contributed by atoms with E-state index in [1.165, 1.54) is 0 Å². The van der Waals surface area contributed by atoms with E-state index in [-0.39, 0.29) is 6.04 Å². The number of H-pyrrole nitrogens is 1. The number of nitrogens with one attached hydrogen (secondary N) is 1. The van der Waals surface area contributed by atoms with E-state index in [9.17, 15) is 0 Å². The second kappa shape index (κ2) is 4.27. The molecule has 0 aliphatic heterocycles. The van der Waals surface area contributed by atoms with E-state index in [1.54, 1.807) is 0 Å². The van der Waals surface area contributed by atoms with E-state index in [1.807, 2.05) is 18.3 Å². The number of rotatable bonds is 4. The zero-order valence-electron chi connectivity index (χ0n) is 8.60. The summed E-state index contributed by atoms with van der Waals surface area (Å²) in [5, 5.41) is 3.86. The molecule has 2 aromatic heterocycles. The van der Waals surface area contributed by atoms with Crippen LogP contribution in [0.3, 0.4) is 0 Å². The summed E-state index contributed by atoms with van der Waals surface area (Å²) >= 11 is 0. The second-order valence-corrected chi connectivity index (χ2v) is 3.44. The lowest BCUT2D eigenvalue weighted by Crippen LogP contribution is -2.09. The van der Waals surface area contributed by atoms with Gasteiger partial charge in [0, 0.05) is 6.20 Å². The molecule has 2 heterocycles. The van der Waals surface area contributed by atoms with Crippen molar-refractivity contribution >= 4 is 0 Å². The van der Waals surface area contributed by atoms with E-state index in [0.717, 1.165) is 18.5 Å². The van der Waals surface area contributed by atoms with Crippen LogP contribution in [0.5, 0.6) is 0 Å². The van der Waals surface area contributed by atoms with Crippen molar-refractivity contribution in [2.75, 3.05) is 0 Å². The summed E-state index contributed by atoms with van der Waals surface area (Å²) in [6.07, 6.45) is 3.67. The van der Waals surface area contributed by atoms with Gasteiger partial charge in [-0.25, -0.2) is 0 Å². The molecule has 0 radical (unpaired) electrons.